The fraction of sp³-hybridized carbons (Fsp3) is 0.839. The molecule has 10 heteroatoms. The number of carbonyl (C=O) groups is 5. The molecule has 3 aliphatic carbocycles. The zero-order valence-corrected chi connectivity index (χ0v) is 25.7. The number of ether oxygens (including phenoxy) is 1. The second-order valence-electron chi connectivity index (χ2n) is 13.5. The van der Waals surface area contributed by atoms with Crippen molar-refractivity contribution in [3.05, 3.63) is 0 Å². The van der Waals surface area contributed by atoms with Crippen molar-refractivity contribution in [1.82, 2.24) is 15.5 Å². The number of Topliss-reactive ketones (excluding diaryl/α,β-unsaturated/α-hetero) is 1. The summed E-state index contributed by atoms with van der Waals surface area (Å²) in [7, 11) is 0. The smallest absolute Gasteiger partial charge is 0.408 e. The molecule has 5 atom stereocenters. The van der Waals surface area contributed by atoms with Gasteiger partial charge in [-0.25, -0.2) is 4.79 Å². The van der Waals surface area contributed by atoms with Gasteiger partial charge in [0.2, 0.25) is 17.6 Å². The lowest BCUT2D eigenvalue weighted by molar-refractivity contribution is -0.143. The maximum absolute atomic E-state index is 14.0. The number of alkyl carbamates (subject to hydrolysis) is 1. The Balaban J connectivity index is 0.00000147. The van der Waals surface area contributed by atoms with Crippen LogP contribution in [0.25, 0.3) is 0 Å². The summed E-state index contributed by atoms with van der Waals surface area (Å²) in [6.07, 6.45) is 10.4. The van der Waals surface area contributed by atoms with Crippen molar-refractivity contribution in [2.45, 2.75) is 135 Å². The first-order valence-electron chi connectivity index (χ1n) is 15.8. The van der Waals surface area contributed by atoms with Crippen molar-refractivity contribution in [3.63, 3.8) is 0 Å². The fourth-order valence-corrected chi connectivity index (χ4v) is 6.71. The number of nitrogens with two attached hydrogens (primary N) is 1. The number of nitrogens with zero attached hydrogens (tertiary/aromatic N) is 1. The van der Waals surface area contributed by atoms with Gasteiger partial charge in [0.25, 0.3) is 5.91 Å². The van der Waals surface area contributed by atoms with Gasteiger partial charge in [0.1, 0.15) is 17.7 Å². The van der Waals surface area contributed by atoms with E-state index in [9.17, 15) is 24.0 Å². The van der Waals surface area contributed by atoms with Crippen molar-refractivity contribution in [1.29, 1.82) is 0 Å². The average molecular weight is 577 g/mol. The van der Waals surface area contributed by atoms with Crippen LogP contribution in [0.2, 0.25) is 0 Å². The van der Waals surface area contributed by atoms with Gasteiger partial charge in [-0.2, -0.15) is 0 Å². The Kier molecular flexibility index (Phi) is 11.6. The van der Waals surface area contributed by atoms with Gasteiger partial charge < -0.3 is 26.0 Å². The second kappa shape index (κ2) is 14.5. The van der Waals surface area contributed by atoms with Gasteiger partial charge >= 0.3 is 6.09 Å². The summed E-state index contributed by atoms with van der Waals surface area (Å²) in [6.45, 7) is 9.97. The first kappa shape index (κ1) is 32.9. The van der Waals surface area contributed by atoms with Gasteiger partial charge in [-0.1, -0.05) is 58.8 Å². The van der Waals surface area contributed by atoms with E-state index in [2.05, 4.69) is 24.5 Å². The van der Waals surface area contributed by atoms with Gasteiger partial charge in [-0.15, -0.1) is 0 Å². The van der Waals surface area contributed by atoms with Gasteiger partial charge in [-0.05, 0) is 76.5 Å². The van der Waals surface area contributed by atoms with Crippen LogP contribution in [0.5, 0.6) is 0 Å². The summed E-state index contributed by atoms with van der Waals surface area (Å²) in [5, 5.41) is 5.59. The van der Waals surface area contributed by atoms with E-state index in [1.54, 1.807) is 25.7 Å². The highest BCUT2D eigenvalue weighted by Gasteiger charge is 2.46. The van der Waals surface area contributed by atoms with Crippen LogP contribution in [0.15, 0.2) is 0 Å². The largest absolute Gasteiger partial charge is 0.444 e. The zero-order valence-electron chi connectivity index (χ0n) is 25.7. The molecule has 1 aliphatic heterocycles. The van der Waals surface area contributed by atoms with Crippen LogP contribution in [-0.2, 0) is 23.9 Å². The standard InChI is InChI=1S/C28H44N4O6.C3H8/c1-28(2,3)38-27(37)31-22(19-14-17-7-4-5-8-18(17)15-19)26(36)32-12-6-9-21(32)25(35)30-20(13-16-10-11-16)23(33)24(29)34;1-3-2/h16-22H,4-15H2,1-3H3,(H2,29,34)(H,30,35)(H,31,37);3H2,1-2H3/t17?,18?,19?,20?,21-,22-;/m0./s1. The molecule has 4 amide bonds. The second-order valence-corrected chi connectivity index (χ2v) is 13.5. The molecular formula is C31H52N4O6. The van der Waals surface area contributed by atoms with E-state index in [0.29, 0.717) is 43.6 Å². The van der Waals surface area contributed by atoms with Crippen molar-refractivity contribution in [2.75, 3.05) is 6.54 Å². The molecule has 0 spiro atoms. The lowest BCUT2D eigenvalue weighted by Crippen LogP contribution is -2.57. The van der Waals surface area contributed by atoms with Crippen molar-refractivity contribution < 1.29 is 28.7 Å². The number of fused-ring (bicyclic) bond motifs is 1. The molecule has 0 aromatic rings. The van der Waals surface area contributed by atoms with E-state index >= 15 is 0 Å². The molecule has 0 aromatic carbocycles. The average Bonchev–Trinajstić information content (AvgIpc) is 3.39. The highest BCUT2D eigenvalue weighted by molar-refractivity contribution is 6.37. The van der Waals surface area contributed by atoms with Crippen LogP contribution in [0.3, 0.4) is 0 Å². The third-order valence-electron chi connectivity index (χ3n) is 8.67. The van der Waals surface area contributed by atoms with Crippen molar-refractivity contribution in [3.8, 4) is 0 Å². The third-order valence-corrected chi connectivity index (χ3v) is 8.67. The van der Waals surface area contributed by atoms with Crippen LogP contribution < -0.4 is 16.4 Å². The number of primary amides is 1. The summed E-state index contributed by atoms with van der Waals surface area (Å²) >= 11 is 0. The molecule has 0 bridgehead atoms. The summed E-state index contributed by atoms with van der Waals surface area (Å²) in [6, 6.07) is -2.52. The molecule has 4 fully saturated rings. The molecule has 4 aliphatic rings. The molecule has 232 valence electrons. The Morgan fingerprint density at radius 2 is 1.49 bits per heavy atom. The van der Waals surface area contributed by atoms with E-state index in [0.717, 1.165) is 38.5 Å². The van der Waals surface area contributed by atoms with Gasteiger partial charge in [0.15, 0.2) is 0 Å². The molecule has 1 saturated heterocycles. The predicted molar refractivity (Wildman–Crippen MR) is 156 cm³/mol. The highest BCUT2D eigenvalue weighted by atomic mass is 16.6. The lowest BCUT2D eigenvalue weighted by Gasteiger charge is -2.32. The van der Waals surface area contributed by atoms with Crippen LogP contribution in [-0.4, -0.2) is 64.8 Å². The Hall–Kier alpha value is -2.65. The van der Waals surface area contributed by atoms with E-state index in [-0.39, 0.29) is 11.8 Å². The fourth-order valence-electron chi connectivity index (χ4n) is 6.71. The zero-order chi connectivity index (χ0) is 30.3. The van der Waals surface area contributed by atoms with E-state index in [1.165, 1.54) is 19.3 Å². The van der Waals surface area contributed by atoms with Crippen LogP contribution >= 0.6 is 0 Å². The Labute approximate surface area is 245 Å². The van der Waals surface area contributed by atoms with E-state index < -0.39 is 47.4 Å². The van der Waals surface area contributed by atoms with Crippen LogP contribution in [0, 0.1) is 23.7 Å². The van der Waals surface area contributed by atoms with Gasteiger partial charge in [-0.3, -0.25) is 19.2 Å². The third kappa shape index (κ3) is 9.43. The number of ketones is 1. The van der Waals surface area contributed by atoms with E-state index in [4.69, 9.17) is 10.5 Å². The minimum Gasteiger partial charge on any atom is -0.444 e. The first-order chi connectivity index (χ1) is 19.3. The highest BCUT2D eigenvalue weighted by Crippen LogP contribution is 2.46. The lowest BCUT2D eigenvalue weighted by atomic mass is 9.82. The number of amides is 4. The summed E-state index contributed by atoms with van der Waals surface area (Å²) in [5.41, 5.74) is 4.52. The maximum Gasteiger partial charge on any atom is 0.408 e. The number of likely N-dealkylation sites (tertiary alicyclic amines) is 1. The monoisotopic (exact) mass is 576 g/mol. The van der Waals surface area contributed by atoms with Crippen LogP contribution in [0.4, 0.5) is 4.79 Å². The summed E-state index contributed by atoms with van der Waals surface area (Å²) in [4.78, 5) is 65.6. The van der Waals surface area contributed by atoms with Crippen molar-refractivity contribution >= 4 is 29.6 Å². The Morgan fingerprint density at radius 3 is 2.00 bits per heavy atom. The Morgan fingerprint density at radius 1 is 0.902 bits per heavy atom. The SMILES string of the molecule is CC(C)(C)OC(=O)N[C@H](C(=O)N1CCC[C@H]1C(=O)NC(CC1CC1)C(=O)C(N)=O)C1CC2CCCCC2C1.CCC. The topological polar surface area (TPSA) is 148 Å². The minimum atomic E-state index is -1.07. The molecule has 1 heterocycles. The number of hydrogen-bond donors (Lipinski definition) is 3. The van der Waals surface area contributed by atoms with Crippen LogP contribution in [0.1, 0.15) is 112 Å². The molecular weight excluding hydrogens is 524 g/mol. The molecule has 3 unspecified atom stereocenters. The molecule has 4 rings (SSSR count). The summed E-state index contributed by atoms with van der Waals surface area (Å²) in [5.74, 6) is -1.22. The first-order valence-corrected chi connectivity index (χ1v) is 15.8. The maximum atomic E-state index is 14.0. The number of nitrogens with one attached hydrogen (secondary N) is 2. The normalized spacial score (nSPS) is 27.0. The van der Waals surface area contributed by atoms with Gasteiger partial charge in [0, 0.05) is 6.54 Å². The molecule has 0 aromatic heterocycles. The minimum absolute atomic E-state index is 0.0218. The number of carbonyl (C=O) groups excluding carboxylic acids is 5. The number of hydrogen-bond acceptors (Lipinski definition) is 6. The molecule has 4 N–H and O–H groups in total. The molecule has 10 nitrogen and oxygen atoms in total. The quantitative estimate of drug-likeness (QED) is 0.355. The summed E-state index contributed by atoms with van der Waals surface area (Å²) < 4.78 is 5.50. The number of rotatable bonds is 9. The predicted octanol–water partition coefficient (Wildman–Crippen LogP) is 3.84. The molecule has 3 saturated carbocycles. The molecule has 0 radical (unpaired) electrons. The Bertz CT molecular complexity index is 945. The van der Waals surface area contributed by atoms with Gasteiger partial charge in [0.05, 0.1) is 6.04 Å². The molecule has 41 heavy (non-hydrogen) atoms. The van der Waals surface area contributed by atoms with E-state index in [1.807, 2.05) is 0 Å². The van der Waals surface area contributed by atoms with Crippen molar-refractivity contribution in [2.24, 2.45) is 29.4 Å².